The Balaban J connectivity index is 1.68. The maximum absolute atomic E-state index is 10.7. The quantitative estimate of drug-likeness (QED) is 0.483. The average Bonchev–Trinajstić information content (AvgIpc) is 3.06. The van der Waals surface area contributed by atoms with E-state index in [-0.39, 0.29) is 19.3 Å². The van der Waals surface area contributed by atoms with Crippen molar-refractivity contribution in [1.82, 2.24) is 19.5 Å². The molecule has 136 valence electrons. The minimum Gasteiger partial charge on any atom is -0.497 e. The van der Waals surface area contributed by atoms with Gasteiger partial charge in [0, 0.05) is 12.6 Å². The molecule has 2 aromatic heterocycles. The molecule has 0 spiro atoms. The Morgan fingerprint density at radius 2 is 1.96 bits per heavy atom. The van der Waals surface area contributed by atoms with Crippen molar-refractivity contribution < 1.29 is 19.0 Å². The zero-order valence-electron chi connectivity index (χ0n) is 14.5. The lowest BCUT2D eigenvalue weighted by atomic mass is 10.3. The summed E-state index contributed by atoms with van der Waals surface area (Å²) in [5, 5.41) is 3.22. The van der Waals surface area contributed by atoms with E-state index in [4.69, 9.17) is 14.2 Å². The third-order valence-electron chi connectivity index (χ3n) is 3.52. The molecule has 0 fully saturated rings. The molecule has 2 heterocycles. The third-order valence-corrected chi connectivity index (χ3v) is 3.52. The van der Waals surface area contributed by atoms with Gasteiger partial charge in [0.05, 0.1) is 20.0 Å². The largest absolute Gasteiger partial charge is 0.497 e. The first-order valence-corrected chi connectivity index (χ1v) is 7.95. The van der Waals surface area contributed by atoms with E-state index in [9.17, 15) is 4.79 Å². The van der Waals surface area contributed by atoms with E-state index in [2.05, 4.69) is 20.3 Å². The van der Waals surface area contributed by atoms with E-state index in [1.807, 2.05) is 24.3 Å². The Hall–Kier alpha value is -3.20. The van der Waals surface area contributed by atoms with Crippen molar-refractivity contribution in [3.8, 4) is 5.75 Å². The van der Waals surface area contributed by atoms with Gasteiger partial charge in [-0.25, -0.2) is 15.0 Å². The normalized spacial score (nSPS) is 10.7. The molecular formula is C17H19N5O4. The number of methoxy groups -OCH3 is 1. The number of aromatic nitrogens is 4. The number of carbonyl (C=O) groups is 1. The summed E-state index contributed by atoms with van der Waals surface area (Å²) in [7, 11) is 1.62. The van der Waals surface area contributed by atoms with E-state index in [0.717, 1.165) is 11.4 Å². The van der Waals surface area contributed by atoms with Gasteiger partial charge in [0.2, 0.25) is 0 Å². The van der Waals surface area contributed by atoms with Crippen molar-refractivity contribution in [2.24, 2.45) is 0 Å². The van der Waals surface area contributed by atoms with Gasteiger partial charge in [-0.2, -0.15) is 0 Å². The number of imidazole rings is 1. The topological polar surface area (TPSA) is 100 Å². The molecule has 9 nitrogen and oxygen atoms in total. The number of hydrogen-bond acceptors (Lipinski definition) is 8. The van der Waals surface area contributed by atoms with Gasteiger partial charge in [-0.05, 0) is 24.3 Å². The number of carbonyl (C=O) groups excluding carboxylic acids is 1. The van der Waals surface area contributed by atoms with Crippen LogP contribution in [-0.2, 0) is 21.0 Å². The highest BCUT2D eigenvalue weighted by molar-refractivity contribution is 5.85. The van der Waals surface area contributed by atoms with Crippen LogP contribution in [0.15, 0.2) is 36.9 Å². The molecule has 0 amide bonds. The van der Waals surface area contributed by atoms with Gasteiger partial charge in [-0.15, -0.1) is 0 Å². The van der Waals surface area contributed by atoms with E-state index < -0.39 is 0 Å². The lowest BCUT2D eigenvalue weighted by Gasteiger charge is -2.08. The summed E-state index contributed by atoms with van der Waals surface area (Å²) < 4.78 is 17.2. The molecule has 1 aromatic carbocycles. The molecule has 0 atom stereocenters. The first kappa shape index (κ1) is 17.6. The van der Waals surface area contributed by atoms with Gasteiger partial charge in [0.25, 0.3) is 0 Å². The van der Waals surface area contributed by atoms with E-state index in [0.29, 0.717) is 23.6 Å². The first-order valence-electron chi connectivity index (χ1n) is 7.95. The molecule has 1 N–H and O–H groups in total. The SMILES string of the molecule is COc1ccc(Nc2ncnc3c2ncn3COCCOC(C)=O)cc1. The molecule has 0 saturated carbocycles. The Labute approximate surface area is 149 Å². The Morgan fingerprint density at radius 3 is 2.69 bits per heavy atom. The number of rotatable bonds is 8. The van der Waals surface area contributed by atoms with Crippen LogP contribution in [0.1, 0.15) is 6.92 Å². The number of benzene rings is 1. The number of nitrogens with zero attached hydrogens (tertiary/aromatic N) is 4. The lowest BCUT2D eigenvalue weighted by Crippen LogP contribution is -2.10. The molecule has 3 aromatic rings. The molecule has 0 aliphatic heterocycles. The van der Waals surface area contributed by atoms with Crippen molar-refractivity contribution in [1.29, 1.82) is 0 Å². The highest BCUT2D eigenvalue weighted by Crippen LogP contribution is 2.23. The molecule has 0 radical (unpaired) electrons. The molecule has 0 aliphatic rings. The van der Waals surface area contributed by atoms with Crippen LogP contribution < -0.4 is 10.1 Å². The zero-order chi connectivity index (χ0) is 18.4. The number of nitrogens with one attached hydrogen (secondary N) is 1. The standard InChI is InChI=1S/C17H19N5O4/c1-12(23)26-8-7-25-11-22-10-20-15-16(18-9-19-17(15)22)21-13-3-5-14(24-2)6-4-13/h3-6,9-10H,7-8,11H2,1-2H3,(H,18,19,21). The van der Waals surface area contributed by atoms with Crippen LogP contribution >= 0.6 is 0 Å². The minimum absolute atomic E-state index is 0.210. The number of fused-ring (bicyclic) bond motifs is 1. The average molecular weight is 357 g/mol. The van der Waals surface area contributed by atoms with Crippen molar-refractivity contribution in [3.63, 3.8) is 0 Å². The highest BCUT2D eigenvalue weighted by atomic mass is 16.6. The van der Waals surface area contributed by atoms with E-state index in [1.54, 1.807) is 18.0 Å². The number of anilines is 2. The minimum atomic E-state index is -0.330. The van der Waals surface area contributed by atoms with Crippen LogP contribution in [0.4, 0.5) is 11.5 Å². The van der Waals surface area contributed by atoms with Crippen molar-refractivity contribution in [2.75, 3.05) is 25.6 Å². The van der Waals surface area contributed by atoms with Crippen molar-refractivity contribution in [2.45, 2.75) is 13.7 Å². The molecule has 0 bridgehead atoms. The molecule has 0 saturated heterocycles. The van der Waals surface area contributed by atoms with Gasteiger partial charge in [-0.3, -0.25) is 9.36 Å². The van der Waals surface area contributed by atoms with Gasteiger partial charge in [0.15, 0.2) is 17.0 Å². The fourth-order valence-electron chi connectivity index (χ4n) is 2.28. The molecule has 26 heavy (non-hydrogen) atoms. The van der Waals surface area contributed by atoms with Gasteiger partial charge < -0.3 is 19.5 Å². The second kappa shape index (κ2) is 8.26. The van der Waals surface area contributed by atoms with E-state index in [1.165, 1.54) is 13.3 Å². The van der Waals surface area contributed by atoms with E-state index >= 15 is 0 Å². The number of ether oxygens (including phenoxy) is 3. The van der Waals surface area contributed by atoms with Gasteiger partial charge in [-0.1, -0.05) is 0 Å². The fraction of sp³-hybridized carbons (Fsp3) is 0.294. The number of esters is 1. The second-order valence-corrected chi connectivity index (χ2v) is 5.34. The summed E-state index contributed by atoms with van der Waals surface area (Å²) in [4.78, 5) is 23.6. The molecule has 0 aliphatic carbocycles. The van der Waals surface area contributed by atoms with Crippen LogP contribution in [0.25, 0.3) is 11.2 Å². The van der Waals surface area contributed by atoms with Gasteiger partial charge in [0.1, 0.15) is 25.4 Å². The summed E-state index contributed by atoms with van der Waals surface area (Å²) in [6.45, 7) is 2.11. The van der Waals surface area contributed by atoms with Crippen LogP contribution in [0.3, 0.4) is 0 Å². The molecule has 9 heteroatoms. The lowest BCUT2D eigenvalue weighted by molar-refractivity contribution is -0.142. The smallest absolute Gasteiger partial charge is 0.302 e. The first-order chi connectivity index (χ1) is 12.7. The number of hydrogen-bond donors (Lipinski definition) is 1. The van der Waals surface area contributed by atoms with Crippen LogP contribution in [0, 0.1) is 0 Å². The summed E-state index contributed by atoms with van der Waals surface area (Å²) >= 11 is 0. The predicted octanol–water partition coefficient (Wildman–Crippen LogP) is 2.12. The molecular weight excluding hydrogens is 338 g/mol. The highest BCUT2D eigenvalue weighted by Gasteiger charge is 2.10. The van der Waals surface area contributed by atoms with Crippen LogP contribution in [0.2, 0.25) is 0 Å². The molecule has 3 rings (SSSR count). The maximum Gasteiger partial charge on any atom is 0.302 e. The Kier molecular flexibility index (Phi) is 5.59. The predicted molar refractivity (Wildman–Crippen MR) is 94.2 cm³/mol. The van der Waals surface area contributed by atoms with Crippen LogP contribution in [0.5, 0.6) is 5.75 Å². The summed E-state index contributed by atoms with van der Waals surface area (Å²) in [6, 6.07) is 7.50. The fourth-order valence-corrected chi connectivity index (χ4v) is 2.28. The Bertz CT molecular complexity index is 878. The maximum atomic E-state index is 10.7. The van der Waals surface area contributed by atoms with Crippen molar-refractivity contribution >= 4 is 28.6 Å². The summed E-state index contributed by atoms with van der Waals surface area (Å²) in [5.41, 5.74) is 2.13. The Morgan fingerprint density at radius 1 is 1.15 bits per heavy atom. The second-order valence-electron chi connectivity index (χ2n) is 5.34. The molecule has 0 unspecified atom stereocenters. The monoisotopic (exact) mass is 357 g/mol. The van der Waals surface area contributed by atoms with Crippen LogP contribution in [-0.4, -0.2) is 45.8 Å². The summed E-state index contributed by atoms with van der Waals surface area (Å²) in [6.07, 6.45) is 3.09. The summed E-state index contributed by atoms with van der Waals surface area (Å²) in [5.74, 6) is 1.04. The zero-order valence-corrected chi connectivity index (χ0v) is 14.5. The van der Waals surface area contributed by atoms with Gasteiger partial charge >= 0.3 is 5.97 Å². The third kappa shape index (κ3) is 4.25. The van der Waals surface area contributed by atoms with Crippen molar-refractivity contribution in [3.05, 3.63) is 36.9 Å².